The number of anilines is 2. The van der Waals surface area contributed by atoms with Crippen molar-refractivity contribution in [2.45, 2.75) is 39.2 Å². The highest BCUT2D eigenvalue weighted by atomic mass is 19.1. The van der Waals surface area contributed by atoms with Crippen molar-refractivity contribution in [3.63, 3.8) is 0 Å². The van der Waals surface area contributed by atoms with E-state index >= 15 is 0 Å². The summed E-state index contributed by atoms with van der Waals surface area (Å²) in [6, 6.07) is 4.91. The molecule has 1 amide bonds. The number of ether oxygens (including phenoxy) is 1. The van der Waals surface area contributed by atoms with Crippen LogP contribution in [0.5, 0.6) is 0 Å². The first kappa shape index (κ1) is 20.7. The van der Waals surface area contributed by atoms with Crippen molar-refractivity contribution in [1.82, 2.24) is 9.80 Å². The maximum atomic E-state index is 14.1. The van der Waals surface area contributed by atoms with Gasteiger partial charge >= 0.3 is 6.09 Å². The molecule has 2 aliphatic rings. The van der Waals surface area contributed by atoms with Gasteiger partial charge in [-0.15, -0.1) is 0 Å². The van der Waals surface area contributed by atoms with Crippen LogP contribution in [0.25, 0.3) is 0 Å². The zero-order chi connectivity index (χ0) is 20.3. The Morgan fingerprint density at radius 3 is 2.36 bits per heavy atom. The fraction of sp³-hybridized carbons (Fsp3) is 0.667. The lowest BCUT2D eigenvalue weighted by Crippen LogP contribution is -2.49. The third-order valence-corrected chi connectivity index (χ3v) is 5.47. The second-order valence-electron chi connectivity index (χ2n) is 8.91. The minimum atomic E-state index is -0.447. The summed E-state index contributed by atoms with van der Waals surface area (Å²) in [7, 11) is 0. The molecule has 0 aliphatic carbocycles. The fourth-order valence-electron chi connectivity index (χ4n) is 3.94. The van der Waals surface area contributed by atoms with Crippen molar-refractivity contribution in [3.05, 3.63) is 24.0 Å². The number of halogens is 1. The molecule has 1 aromatic carbocycles. The first-order valence-electron chi connectivity index (χ1n) is 10.2. The zero-order valence-electron chi connectivity index (χ0n) is 17.3. The number of nitrogens with two attached hydrogens (primary N) is 1. The number of benzene rings is 1. The fourth-order valence-corrected chi connectivity index (χ4v) is 3.94. The Morgan fingerprint density at radius 1 is 1.14 bits per heavy atom. The van der Waals surface area contributed by atoms with E-state index in [-0.39, 0.29) is 11.9 Å². The normalized spacial score (nSPS) is 19.7. The molecule has 0 bridgehead atoms. The maximum Gasteiger partial charge on any atom is 0.410 e. The summed E-state index contributed by atoms with van der Waals surface area (Å²) >= 11 is 0. The second kappa shape index (κ2) is 8.55. The summed E-state index contributed by atoms with van der Waals surface area (Å²) in [5, 5.41) is 0. The summed E-state index contributed by atoms with van der Waals surface area (Å²) < 4.78 is 19.6. The van der Waals surface area contributed by atoms with E-state index < -0.39 is 5.60 Å². The van der Waals surface area contributed by atoms with Gasteiger partial charge in [0.15, 0.2) is 0 Å². The molecule has 0 aromatic heterocycles. The smallest absolute Gasteiger partial charge is 0.410 e. The van der Waals surface area contributed by atoms with Crippen molar-refractivity contribution in [2.24, 2.45) is 5.92 Å². The van der Waals surface area contributed by atoms with Crippen LogP contribution in [0.2, 0.25) is 0 Å². The molecule has 2 N–H and O–H groups in total. The summed E-state index contributed by atoms with van der Waals surface area (Å²) in [4.78, 5) is 18.6. The van der Waals surface area contributed by atoms with Crippen LogP contribution < -0.4 is 10.6 Å². The molecule has 2 saturated heterocycles. The molecule has 1 aromatic rings. The van der Waals surface area contributed by atoms with E-state index in [2.05, 4.69) is 9.80 Å². The van der Waals surface area contributed by atoms with Gasteiger partial charge in [0, 0.05) is 51.5 Å². The van der Waals surface area contributed by atoms with Gasteiger partial charge in [-0.1, -0.05) is 0 Å². The molecule has 0 atom stereocenters. The number of piperazine rings is 1. The number of nitrogen functional groups attached to an aromatic ring is 1. The highest BCUT2D eigenvalue weighted by Gasteiger charge is 2.28. The number of amides is 1. The summed E-state index contributed by atoms with van der Waals surface area (Å²) in [6.07, 6.45) is 1.81. The number of likely N-dealkylation sites (tertiary alicyclic amines) is 1. The van der Waals surface area contributed by atoms with E-state index in [9.17, 15) is 9.18 Å². The van der Waals surface area contributed by atoms with Crippen LogP contribution in [0.3, 0.4) is 0 Å². The van der Waals surface area contributed by atoms with Crippen molar-refractivity contribution < 1.29 is 13.9 Å². The van der Waals surface area contributed by atoms with Gasteiger partial charge in [-0.05, 0) is 57.7 Å². The van der Waals surface area contributed by atoms with Crippen LogP contribution in [0.1, 0.15) is 33.6 Å². The van der Waals surface area contributed by atoms with Crippen LogP contribution in [0.4, 0.5) is 20.6 Å². The van der Waals surface area contributed by atoms with E-state index in [1.165, 1.54) is 6.07 Å². The van der Waals surface area contributed by atoms with Crippen molar-refractivity contribution >= 4 is 17.5 Å². The van der Waals surface area contributed by atoms with Gasteiger partial charge in [0.05, 0.1) is 5.69 Å². The topological polar surface area (TPSA) is 62.0 Å². The van der Waals surface area contributed by atoms with Crippen molar-refractivity contribution in [2.75, 3.05) is 56.4 Å². The SMILES string of the molecule is CC(C)(C)OC(=O)N1CCC(CN2CCN(c3ccc(N)cc3F)CC2)CC1. The lowest BCUT2D eigenvalue weighted by Gasteiger charge is -2.39. The first-order chi connectivity index (χ1) is 13.2. The van der Waals surface area contributed by atoms with E-state index in [0.717, 1.165) is 58.7 Å². The monoisotopic (exact) mass is 392 g/mol. The number of carbonyl (C=O) groups is 1. The number of hydrogen-bond donors (Lipinski definition) is 1. The number of hydrogen-bond acceptors (Lipinski definition) is 5. The Labute approximate surface area is 167 Å². The van der Waals surface area contributed by atoms with Crippen molar-refractivity contribution in [1.29, 1.82) is 0 Å². The number of piperidine rings is 1. The molecular weight excluding hydrogens is 359 g/mol. The Morgan fingerprint density at radius 2 is 1.79 bits per heavy atom. The van der Waals surface area contributed by atoms with E-state index in [4.69, 9.17) is 10.5 Å². The van der Waals surface area contributed by atoms with Crippen LogP contribution in [0, 0.1) is 11.7 Å². The summed E-state index contributed by atoms with van der Waals surface area (Å²) in [5.41, 5.74) is 6.29. The molecule has 2 heterocycles. The van der Waals surface area contributed by atoms with E-state index in [1.54, 1.807) is 12.1 Å². The molecule has 0 unspecified atom stereocenters. The molecular formula is C21H33FN4O2. The van der Waals surface area contributed by atoms with Crippen molar-refractivity contribution in [3.8, 4) is 0 Å². The van der Waals surface area contributed by atoms with Crippen LogP contribution in [0.15, 0.2) is 18.2 Å². The molecule has 0 spiro atoms. The Kier molecular flexibility index (Phi) is 6.33. The first-order valence-corrected chi connectivity index (χ1v) is 10.2. The van der Waals surface area contributed by atoms with Gasteiger partial charge in [-0.25, -0.2) is 9.18 Å². The lowest BCUT2D eigenvalue weighted by atomic mass is 9.96. The van der Waals surface area contributed by atoms with Gasteiger partial charge in [0.25, 0.3) is 0 Å². The highest BCUT2D eigenvalue weighted by molar-refractivity contribution is 5.68. The molecule has 7 heteroatoms. The van der Waals surface area contributed by atoms with Gasteiger partial charge in [0.1, 0.15) is 11.4 Å². The quantitative estimate of drug-likeness (QED) is 0.801. The van der Waals surface area contributed by atoms with Gasteiger partial charge in [-0.2, -0.15) is 0 Å². The predicted octanol–water partition coefficient (Wildman–Crippen LogP) is 3.18. The average molecular weight is 393 g/mol. The molecule has 0 radical (unpaired) electrons. The number of nitrogens with zero attached hydrogens (tertiary/aromatic N) is 3. The Hall–Kier alpha value is -2.02. The van der Waals surface area contributed by atoms with Gasteiger partial charge in [-0.3, -0.25) is 4.90 Å². The highest BCUT2D eigenvalue weighted by Crippen LogP contribution is 2.25. The predicted molar refractivity (Wildman–Crippen MR) is 110 cm³/mol. The second-order valence-corrected chi connectivity index (χ2v) is 8.91. The van der Waals surface area contributed by atoms with Crippen LogP contribution in [-0.2, 0) is 4.74 Å². The summed E-state index contributed by atoms with van der Waals surface area (Å²) in [5.74, 6) is 0.349. The third-order valence-electron chi connectivity index (χ3n) is 5.47. The Balaban J connectivity index is 1.42. The molecule has 28 heavy (non-hydrogen) atoms. The number of rotatable bonds is 3. The molecule has 2 fully saturated rings. The largest absolute Gasteiger partial charge is 0.444 e. The van der Waals surface area contributed by atoms with Crippen LogP contribution >= 0.6 is 0 Å². The minimum Gasteiger partial charge on any atom is -0.444 e. The van der Waals surface area contributed by atoms with Crippen LogP contribution in [-0.4, -0.2) is 67.3 Å². The Bertz CT molecular complexity index is 675. The maximum absolute atomic E-state index is 14.1. The van der Waals surface area contributed by atoms with Gasteiger partial charge in [0.2, 0.25) is 0 Å². The molecule has 3 rings (SSSR count). The lowest BCUT2D eigenvalue weighted by molar-refractivity contribution is 0.0169. The molecule has 0 saturated carbocycles. The molecule has 156 valence electrons. The summed E-state index contributed by atoms with van der Waals surface area (Å²) in [6.45, 7) is 11.7. The van der Waals surface area contributed by atoms with E-state index in [1.807, 2.05) is 25.7 Å². The third kappa shape index (κ3) is 5.50. The molecule has 2 aliphatic heterocycles. The standard InChI is InChI=1S/C21H33FN4O2/c1-21(2,3)28-20(27)26-8-6-16(7-9-26)15-24-10-12-25(13-11-24)19-5-4-17(23)14-18(19)22/h4-5,14,16H,6-13,15,23H2,1-3H3. The minimum absolute atomic E-state index is 0.204. The van der Waals surface area contributed by atoms with Gasteiger partial charge < -0.3 is 20.3 Å². The zero-order valence-corrected chi connectivity index (χ0v) is 17.3. The average Bonchev–Trinajstić information content (AvgIpc) is 2.62. The van der Waals surface area contributed by atoms with E-state index in [0.29, 0.717) is 17.3 Å². The molecule has 6 nitrogen and oxygen atoms in total. The number of carbonyl (C=O) groups excluding carboxylic acids is 1.